The smallest absolute Gasteiger partial charge is 0.307 e. The van der Waals surface area contributed by atoms with Crippen molar-refractivity contribution >= 4 is 11.8 Å². The van der Waals surface area contributed by atoms with Gasteiger partial charge in [-0.15, -0.1) is 0 Å². The SMILES string of the molecule is C=COc1cc(O)ccc1C(=O)CC(=C/C=C/OC)/C=C/OC(C)=O. The maximum atomic E-state index is 12.6. The molecule has 0 bridgehead atoms. The molecule has 0 saturated heterocycles. The topological polar surface area (TPSA) is 82.1 Å². The number of rotatable bonds is 9. The van der Waals surface area contributed by atoms with E-state index >= 15 is 0 Å². The van der Waals surface area contributed by atoms with E-state index in [1.807, 2.05) is 0 Å². The van der Waals surface area contributed by atoms with Crippen LogP contribution in [0.5, 0.6) is 11.5 Å². The third-order valence-corrected chi connectivity index (χ3v) is 2.88. The Hall–Kier alpha value is -3.28. The molecule has 0 atom stereocenters. The molecule has 6 heteroatoms. The van der Waals surface area contributed by atoms with Crippen LogP contribution in [0.25, 0.3) is 0 Å². The molecule has 1 N–H and O–H groups in total. The van der Waals surface area contributed by atoms with Crippen molar-refractivity contribution in [3.8, 4) is 11.5 Å². The molecule has 0 unspecified atom stereocenters. The Balaban J connectivity index is 3.03. The molecule has 0 aliphatic heterocycles. The predicted octanol–water partition coefficient (Wildman–Crippen LogP) is 3.65. The molecule has 0 fully saturated rings. The fourth-order valence-corrected chi connectivity index (χ4v) is 1.84. The van der Waals surface area contributed by atoms with Gasteiger partial charge in [-0.1, -0.05) is 12.7 Å². The maximum Gasteiger partial charge on any atom is 0.307 e. The van der Waals surface area contributed by atoms with E-state index in [1.54, 1.807) is 12.2 Å². The monoisotopic (exact) mass is 344 g/mol. The van der Waals surface area contributed by atoms with Crippen molar-refractivity contribution in [2.75, 3.05) is 7.11 Å². The first-order chi connectivity index (χ1) is 12.0. The van der Waals surface area contributed by atoms with Gasteiger partial charge in [-0.3, -0.25) is 9.59 Å². The van der Waals surface area contributed by atoms with Crippen LogP contribution in [0, 0.1) is 0 Å². The number of Topliss-reactive ketones (excluding diaryl/α,β-unsaturated/α-hetero) is 1. The van der Waals surface area contributed by atoms with E-state index in [0.717, 1.165) is 0 Å². The minimum absolute atomic E-state index is 0.0180. The number of esters is 1. The van der Waals surface area contributed by atoms with Gasteiger partial charge in [-0.05, 0) is 29.9 Å². The minimum Gasteiger partial charge on any atom is -0.508 e. The second-order valence-corrected chi connectivity index (χ2v) is 4.78. The molecule has 1 aromatic rings. The number of carbonyl (C=O) groups excluding carboxylic acids is 2. The molecular weight excluding hydrogens is 324 g/mol. The summed E-state index contributed by atoms with van der Waals surface area (Å²) in [6, 6.07) is 4.19. The molecule has 6 nitrogen and oxygen atoms in total. The number of allylic oxidation sites excluding steroid dienone is 4. The van der Waals surface area contributed by atoms with Crippen molar-refractivity contribution in [3.05, 3.63) is 72.9 Å². The highest BCUT2D eigenvalue weighted by Crippen LogP contribution is 2.26. The average molecular weight is 344 g/mol. The van der Waals surface area contributed by atoms with E-state index < -0.39 is 5.97 Å². The number of aromatic hydroxyl groups is 1. The summed E-state index contributed by atoms with van der Waals surface area (Å²) in [7, 11) is 1.50. The summed E-state index contributed by atoms with van der Waals surface area (Å²) >= 11 is 0. The number of ether oxygens (including phenoxy) is 3. The fraction of sp³-hybridized carbons (Fsp3) is 0.158. The summed E-state index contributed by atoms with van der Waals surface area (Å²) in [5.74, 6) is -0.534. The quantitative estimate of drug-likeness (QED) is 0.319. The second kappa shape index (κ2) is 10.5. The first kappa shape index (κ1) is 19.8. The van der Waals surface area contributed by atoms with Crippen molar-refractivity contribution in [2.45, 2.75) is 13.3 Å². The van der Waals surface area contributed by atoms with E-state index in [1.165, 1.54) is 57.1 Å². The molecule has 1 rings (SSSR count). The van der Waals surface area contributed by atoms with E-state index in [-0.39, 0.29) is 23.7 Å². The van der Waals surface area contributed by atoms with Gasteiger partial charge in [0.2, 0.25) is 0 Å². The highest BCUT2D eigenvalue weighted by molar-refractivity contribution is 6.00. The summed E-state index contributed by atoms with van der Waals surface area (Å²) in [5.41, 5.74) is 0.873. The third-order valence-electron chi connectivity index (χ3n) is 2.88. The molecular formula is C19H20O6. The molecule has 0 heterocycles. The molecule has 0 amide bonds. The van der Waals surface area contributed by atoms with Crippen LogP contribution in [0.4, 0.5) is 0 Å². The lowest BCUT2D eigenvalue weighted by Gasteiger charge is -2.08. The van der Waals surface area contributed by atoms with Crippen LogP contribution in [0.15, 0.2) is 67.4 Å². The largest absolute Gasteiger partial charge is 0.508 e. The first-order valence-electron chi connectivity index (χ1n) is 7.34. The lowest BCUT2D eigenvalue weighted by atomic mass is 10.0. The summed E-state index contributed by atoms with van der Waals surface area (Å²) in [5, 5.41) is 9.52. The van der Waals surface area contributed by atoms with Gasteiger partial charge in [-0.25, -0.2) is 0 Å². The molecule has 1 aromatic carbocycles. The number of ketones is 1. The Bertz CT molecular complexity index is 713. The molecule has 0 spiro atoms. The number of carbonyl (C=O) groups is 2. The zero-order valence-corrected chi connectivity index (χ0v) is 14.1. The van der Waals surface area contributed by atoms with Crippen LogP contribution < -0.4 is 4.74 Å². The molecule has 0 aliphatic rings. The molecule has 0 aliphatic carbocycles. The lowest BCUT2D eigenvalue weighted by molar-refractivity contribution is -0.135. The van der Waals surface area contributed by atoms with Crippen molar-refractivity contribution < 1.29 is 28.9 Å². The van der Waals surface area contributed by atoms with Gasteiger partial charge < -0.3 is 19.3 Å². The number of hydrogen-bond donors (Lipinski definition) is 1. The summed E-state index contributed by atoms with van der Waals surface area (Å²) in [6.45, 7) is 4.72. The van der Waals surface area contributed by atoms with E-state index in [9.17, 15) is 14.7 Å². The second-order valence-electron chi connectivity index (χ2n) is 4.78. The zero-order valence-electron chi connectivity index (χ0n) is 14.1. The van der Waals surface area contributed by atoms with Gasteiger partial charge in [0, 0.05) is 19.4 Å². The normalized spacial score (nSPS) is 11.5. The standard InChI is InChI=1S/C19H20O6/c1-4-24-19-13-16(21)7-8-17(19)18(22)12-15(6-5-10-23-3)9-11-25-14(2)20/h4-11,13,21H,1,12H2,2-3H3/b10-5+,11-9+,15-6+. The summed E-state index contributed by atoms with van der Waals surface area (Å²) < 4.78 is 14.7. The fourth-order valence-electron chi connectivity index (χ4n) is 1.84. The van der Waals surface area contributed by atoms with Gasteiger partial charge in [0.25, 0.3) is 0 Å². The summed E-state index contributed by atoms with van der Waals surface area (Å²) in [4.78, 5) is 23.4. The summed E-state index contributed by atoms with van der Waals surface area (Å²) in [6.07, 6.45) is 8.60. The van der Waals surface area contributed by atoms with Crippen LogP contribution >= 0.6 is 0 Å². The van der Waals surface area contributed by atoms with Crippen molar-refractivity contribution in [1.29, 1.82) is 0 Å². The number of methoxy groups -OCH3 is 1. The number of benzene rings is 1. The van der Waals surface area contributed by atoms with E-state index in [0.29, 0.717) is 11.1 Å². The van der Waals surface area contributed by atoms with Gasteiger partial charge in [-0.2, -0.15) is 0 Å². The zero-order chi connectivity index (χ0) is 18.7. The van der Waals surface area contributed by atoms with Gasteiger partial charge >= 0.3 is 5.97 Å². The molecule has 0 saturated carbocycles. The number of hydrogen-bond acceptors (Lipinski definition) is 6. The van der Waals surface area contributed by atoms with Crippen molar-refractivity contribution in [3.63, 3.8) is 0 Å². The molecule has 132 valence electrons. The third kappa shape index (κ3) is 7.22. The minimum atomic E-state index is -0.463. The van der Waals surface area contributed by atoms with E-state index in [4.69, 9.17) is 14.2 Å². The van der Waals surface area contributed by atoms with Crippen LogP contribution in [0.3, 0.4) is 0 Å². The highest BCUT2D eigenvalue weighted by atomic mass is 16.5. The van der Waals surface area contributed by atoms with Crippen molar-refractivity contribution in [2.24, 2.45) is 0 Å². The first-order valence-corrected chi connectivity index (χ1v) is 7.34. The Morgan fingerprint density at radius 3 is 2.68 bits per heavy atom. The van der Waals surface area contributed by atoms with Crippen LogP contribution in [0.2, 0.25) is 0 Å². The van der Waals surface area contributed by atoms with Crippen LogP contribution in [-0.4, -0.2) is 24.0 Å². The van der Waals surface area contributed by atoms with Crippen LogP contribution in [0.1, 0.15) is 23.7 Å². The van der Waals surface area contributed by atoms with Crippen LogP contribution in [-0.2, 0) is 14.3 Å². The average Bonchev–Trinajstić information content (AvgIpc) is 2.54. The Labute approximate surface area is 146 Å². The molecule has 0 radical (unpaired) electrons. The lowest BCUT2D eigenvalue weighted by Crippen LogP contribution is -2.03. The number of phenolic OH excluding ortho intramolecular Hbond substituents is 1. The Morgan fingerprint density at radius 1 is 1.28 bits per heavy atom. The van der Waals surface area contributed by atoms with Gasteiger partial charge in [0.05, 0.1) is 31.5 Å². The molecule has 25 heavy (non-hydrogen) atoms. The molecule has 0 aromatic heterocycles. The highest BCUT2D eigenvalue weighted by Gasteiger charge is 2.14. The van der Waals surface area contributed by atoms with Gasteiger partial charge in [0.1, 0.15) is 11.5 Å². The van der Waals surface area contributed by atoms with E-state index in [2.05, 4.69) is 6.58 Å². The van der Waals surface area contributed by atoms with Crippen molar-refractivity contribution in [1.82, 2.24) is 0 Å². The maximum absolute atomic E-state index is 12.6. The Morgan fingerprint density at radius 2 is 2.04 bits per heavy atom. The Kier molecular flexibility index (Phi) is 8.29. The number of phenols is 1. The van der Waals surface area contributed by atoms with Gasteiger partial charge in [0.15, 0.2) is 5.78 Å². The predicted molar refractivity (Wildman–Crippen MR) is 93.0 cm³/mol.